The molecule has 0 aliphatic carbocycles. The summed E-state index contributed by atoms with van der Waals surface area (Å²) >= 11 is 0. The number of phenols is 1. The average molecular weight is 523 g/mol. The highest BCUT2D eigenvalue weighted by Crippen LogP contribution is 2.36. The molecule has 2 aliphatic heterocycles. The van der Waals surface area contributed by atoms with Gasteiger partial charge in [0.05, 0.1) is 0 Å². The second-order valence-corrected chi connectivity index (χ2v) is 10.0. The van der Waals surface area contributed by atoms with Crippen LogP contribution in [0.2, 0.25) is 0 Å². The van der Waals surface area contributed by atoms with Gasteiger partial charge in [0, 0.05) is 31.7 Å². The van der Waals surface area contributed by atoms with E-state index in [0.29, 0.717) is 19.5 Å². The largest absolute Gasteiger partial charge is 0.507 e. The molecule has 8 heteroatoms. The summed E-state index contributed by atoms with van der Waals surface area (Å²) in [5, 5.41) is 10.7. The molecule has 3 aromatic carbocycles. The monoisotopic (exact) mass is 522 g/mol. The summed E-state index contributed by atoms with van der Waals surface area (Å²) in [5.41, 5.74) is 2.43. The number of phenolic OH excluding ortho intramolecular Hbond substituents is 1. The van der Waals surface area contributed by atoms with Gasteiger partial charge >= 0.3 is 0 Å². The fourth-order valence-corrected chi connectivity index (χ4v) is 5.05. The molecule has 3 aromatic rings. The summed E-state index contributed by atoms with van der Waals surface area (Å²) in [7, 11) is 2.11. The lowest BCUT2D eigenvalue weighted by Crippen LogP contribution is -2.37. The Balaban J connectivity index is 1.35. The number of hydrogen-bond acceptors (Lipinski definition) is 5. The van der Waals surface area contributed by atoms with Gasteiger partial charge in [-0.25, -0.2) is 8.78 Å². The molecular weight excluding hydrogens is 490 g/mol. The van der Waals surface area contributed by atoms with Crippen molar-refractivity contribution in [3.63, 3.8) is 0 Å². The third-order valence-electron chi connectivity index (χ3n) is 7.25. The third-order valence-corrected chi connectivity index (χ3v) is 7.25. The van der Waals surface area contributed by atoms with E-state index in [1.165, 1.54) is 0 Å². The van der Waals surface area contributed by atoms with Crippen LogP contribution in [-0.4, -0.2) is 53.6 Å². The number of piperidine rings is 1. The van der Waals surface area contributed by atoms with Crippen molar-refractivity contribution in [3.05, 3.63) is 88.5 Å². The van der Waals surface area contributed by atoms with E-state index in [1.807, 2.05) is 48.5 Å². The molecular formula is C30H32F2N2O4. The minimum absolute atomic E-state index is 0.0562. The Morgan fingerprint density at radius 2 is 1.79 bits per heavy atom. The van der Waals surface area contributed by atoms with Crippen molar-refractivity contribution in [3.8, 4) is 17.2 Å². The molecule has 0 unspecified atom stereocenters. The molecule has 1 N–H and O–H groups in total. The zero-order valence-corrected chi connectivity index (χ0v) is 21.4. The maximum atomic E-state index is 13.6. The Bertz CT molecular complexity index is 1280. The van der Waals surface area contributed by atoms with Crippen molar-refractivity contribution in [2.45, 2.75) is 44.9 Å². The first-order chi connectivity index (χ1) is 18.4. The standard InChI is InChI=1S/C30H32F2N2O4/c1-33-12-10-24(11-13-33)38-25-8-7-21-9-14-34(18-23(21)15-25)30(36)28-26(35)16-22(29(31)32)17-27(28)37-19-20-5-3-2-4-6-20/h2-8,15-17,24,29,35H,9-14,18-19H2,1H3. The van der Waals surface area contributed by atoms with Crippen LogP contribution in [0, 0.1) is 0 Å². The van der Waals surface area contributed by atoms with Crippen molar-refractivity contribution in [1.82, 2.24) is 9.80 Å². The Morgan fingerprint density at radius 1 is 1.03 bits per heavy atom. The predicted octanol–water partition coefficient (Wildman–Crippen LogP) is 5.58. The Hall–Kier alpha value is -3.65. The van der Waals surface area contributed by atoms with Crippen LogP contribution in [0.4, 0.5) is 8.78 Å². The fraction of sp³-hybridized carbons (Fsp3) is 0.367. The van der Waals surface area contributed by atoms with Crippen LogP contribution in [0.1, 0.15) is 51.9 Å². The lowest BCUT2D eigenvalue weighted by molar-refractivity contribution is 0.0724. The van der Waals surface area contributed by atoms with Gasteiger partial charge in [-0.05, 0) is 67.3 Å². The van der Waals surface area contributed by atoms with Gasteiger partial charge in [0.1, 0.15) is 35.5 Å². The molecule has 2 aliphatic rings. The summed E-state index contributed by atoms with van der Waals surface area (Å²) in [4.78, 5) is 17.5. The maximum Gasteiger partial charge on any atom is 0.264 e. The maximum absolute atomic E-state index is 13.6. The number of carbonyl (C=O) groups excluding carboxylic acids is 1. The van der Waals surface area contributed by atoms with Crippen molar-refractivity contribution >= 4 is 5.91 Å². The quantitative estimate of drug-likeness (QED) is 0.439. The molecule has 1 saturated heterocycles. The van der Waals surface area contributed by atoms with Crippen LogP contribution in [0.3, 0.4) is 0 Å². The highest BCUT2D eigenvalue weighted by atomic mass is 19.3. The Labute approximate surface area is 221 Å². The van der Waals surface area contributed by atoms with Gasteiger partial charge in [-0.3, -0.25) is 4.79 Å². The van der Waals surface area contributed by atoms with E-state index < -0.39 is 23.6 Å². The zero-order valence-electron chi connectivity index (χ0n) is 21.4. The highest BCUT2D eigenvalue weighted by molar-refractivity contribution is 6.00. The molecule has 2 heterocycles. The summed E-state index contributed by atoms with van der Waals surface area (Å²) in [5.74, 6) is -0.248. The molecule has 1 fully saturated rings. The van der Waals surface area contributed by atoms with Crippen molar-refractivity contribution < 1.29 is 28.2 Å². The van der Waals surface area contributed by atoms with E-state index >= 15 is 0 Å². The first-order valence-corrected chi connectivity index (χ1v) is 13.0. The minimum atomic E-state index is -2.81. The molecule has 0 bridgehead atoms. The topological polar surface area (TPSA) is 62.2 Å². The summed E-state index contributed by atoms with van der Waals surface area (Å²) in [6.45, 7) is 2.84. The van der Waals surface area contributed by atoms with Crippen LogP contribution in [0.15, 0.2) is 60.7 Å². The summed E-state index contributed by atoms with van der Waals surface area (Å²) in [6.07, 6.45) is -0.0596. The fourth-order valence-electron chi connectivity index (χ4n) is 5.05. The Morgan fingerprint density at radius 3 is 2.53 bits per heavy atom. The molecule has 0 spiro atoms. The second kappa shape index (κ2) is 11.4. The average Bonchev–Trinajstić information content (AvgIpc) is 2.92. The number of halogens is 2. The van der Waals surface area contributed by atoms with Crippen LogP contribution in [0.5, 0.6) is 17.2 Å². The number of nitrogens with zero attached hydrogens (tertiary/aromatic N) is 2. The number of rotatable bonds is 7. The predicted molar refractivity (Wildman–Crippen MR) is 140 cm³/mol. The lowest BCUT2D eigenvalue weighted by Gasteiger charge is -2.31. The Kier molecular flexibility index (Phi) is 7.79. The SMILES string of the molecule is CN1CCC(Oc2ccc3c(c2)CN(C(=O)c2c(O)cc(C(F)F)cc2OCc2ccccc2)CC3)CC1. The minimum Gasteiger partial charge on any atom is -0.507 e. The summed E-state index contributed by atoms with van der Waals surface area (Å²) in [6, 6.07) is 17.3. The van der Waals surface area contributed by atoms with Gasteiger partial charge in [0.2, 0.25) is 0 Å². The third kappa shape index (κ3) is 5.91. The first kappa shape index (κ1) is 26.0. The van der Waals surface area contributed by atoms with Gasteiger partial charge in [-0.2, -0.15) is 0 Å². The van der Waals surface area contributed by atoms with Crippen LogP contribution < -0.4 is 9.47 Å². The number of aromatic hydroxyl groups is 1. The van der Waals surface area contributed by atoms with E-state index in [1.54, 1.807) is 4.90 Å². The molecule has 200 valence electrons. The van der Waals surface area contributed by atoms with Gasteiger partial charge in [-0.1, -0.05) is 36.4 Å². The number of likely N-dealkylation sites (tertiary alicyclic amines) is 1. The number of benzene rings is 3. The molecule has 0 radical (unpaired) electrons. The van der Waals surface area contributed by atoms with E-state index in [2.05, 4.69) is 11.9 Å². The molecule has 6 nitrogen and oxygen atoms in total. The number of alkyl halides is 2. The smallest absolute Gasteiger partial charge is 0.264 e. The molecule has 0 aromatic heterocycles. The van der Waals surface area contributed by atoms with Gasteiger partial charge in [-0.15, -0.1) is 0 Å². The van der Waals surface area contributed by atoms with Gasteiger partial charge in [0.15, 0.2) is 0 Å². The van der Waals surface area contributed by atoms with Crippen molar-refractivity contribution in [2.75, 3.05) is 26.7 Å². The normalized spacial score (nSPS) is 16.4. The number of amides is 1. The van der Waals surface area contributed by atoms with Crippen molar-refractivity contribution in [2.24, 2.45) is 0 Å². The number of hydrogen-bond donors (Lipinski definition) is 1. The van der Waals surface area contributed by atoms with E-state index in [4.69, 9.17) is 9.47 Å². The van der Waals surface area contributed by atoms with Crippen LogP contribution in [0.25, 0.3) is 0 Å². The lowest BCUT2D eigenvalue weighted by atomic mass is 9.98. The summed E-state index contributed by atoms with van der Waals surface area (Å²) < 4.78 is 39.0. The molecule has 0 atom stereocenters. The second-order valence-electron chi connectivity index (χ2n) is 10.0. The first-order valence-electron chi connectivity index (χ1n) is 13.0. The number of ether oxygens (including phenoxy) is 2. The zero-order chi connectivity index (χ0) is 26.6. The van der Waals surface area contributed by atoms with Crippen molar-refractivity contribution in [1.29, 1.82) is 0 Å². The molecule has 38 heavy (non-hydrogen) atoms. The number of carbonyl (C=O) groups is 1. The molecule has 5 rings (SSSR count). The van der Waals surface area contributed by atoms with E-state index in [-0.39, 0.29) is 24.0 Å². The molecule has 0 saturated carbocycles. The van der Waals surface area contributed by atoms with Crippen LogP contribution >= 0.6 is 0 Å². The number of fused-ring (bicyclic) bond motifs is 1. The van der Waals surface area contributed by atoms with Gasteiger partial charge in [0.25, 0.3) is 12.3 Å². The highest BCUT2D eigenvalue weighted by Gasteiger charge is 2.29. The molecule has 1 amide bonds. The van der Waals surface area contributed by atoms with E-state index in [9.17, 15) is 18.7 Å². The van der Waals surface area contributed by atoms with Crippen LogP contribution in [-0.2, 0) is 19.6 Å². The van der Waals surface area contributed by atoms with Gasteiger partial charge < -0.3 is 24.4 Å². The van der Waals surface area contributed by atoms with E-state index in [0.717, 1.165) is 60.5 Å².